The molecule has 0 aliphatic carbocycles. The Kier molecular flexibility index (Phi) is 5.66. The van der Waals surface area contributed by atoms with Gasteiger partial charge in [0.15, 0.2) is 0 Å². The van der Waals surface area contributed by atoms with Crippen LogP contribution in [0.5, 0.6) is 5.75 Å². The molecule has 0 saturated carbocycles. The molecule has 1 unspecified atom stereocenters. The maximum absolute atomic E-state index is 13.3. The lowest BCUT2D eigenvalue weighted by molar-refractivity contribution is -0.0404. The van der Waals surface area contributed by atoms with Crippen LogP contribution < -0.4 is 4.74 Å². The summed E-state index contributed by atoms with van der Waals surface area (Å²) in [4.78, 5) is 2.18. The van der Waals surface area contributed by atoms with Gasteiger partial charge in [0.05, 0.1) is 18.1 Å². The third kappa shape index (κ3) is 4.38. The van der Waals surface area contributed by atoms with E-state index in [0.29, 0.717) is 24.5 Å². The summed E-state index contributed by atoms with van der Waals surface area (Å²) in [6.45, 7) is 2.79. The van der Waals surface area contributed by atoms with Crippen molar-refractivity contribution < 1.29 is 13.9 Å². The molecule has 2 rings (SSSR count). The molecule has 3 nitrogen and oxygen atoms in total. The van der Waals surface area contributed by atoms with Gasteiger partial charge in [-0.25, -0.2) is 4.39 Å². The summed E-state index contributed by atoms with van der Waals surface area (Å²) >= 11 is 5.54. The molecule has 0 N–H and O–H groups in total. The van der Waals surface area contributed by atoms with Gasteiger partial charge in [0.1, 0.15) is 24.3 Å². The van der Waals surface area contributed by atoms with E-state index in [1.165, 1.54) is 12.1 Å². The monoisotopic (exact) mass is 297 g/mol. The molecule has 1 aliphatic rings. The number of halogens is 2. The zero-order valence-corrected chi connectivity index (χ0v) is 12.1. The summed E-state index contributed by atoms with van der Waals surface area (Å²) in [5.41, 5.74) is 0.635. The minimum atomic E-state index is -0.349. The van der Waals surface area contributed by atoms with Crippen molar-refractivity contribution in [2.45, 2.75) is 6.10 Å². The lowest BCUT2D eigenvalue weighted by Crippen LogP contribution is -2.42. The zero-order chi connectivity index (χ0) is 14.4. The molecule has 0 bridgehead atoms. The van der Waals surface area contributed by atoms with Crippen LogP contribution in [0.15, 0.2) is 18.2 Å². The Hall–Kier alpha value is -1.28. The van der Waals surface area contributed by atoms with Gasteiger partial charge in [0, 0.05) is 19.2 Å². The summed E-state index contributed by atoms with van der Waals surface area (Å²) in [6.07, 6.45) is -0.00847. The second-order valence-electron chi connectivity index (χ2n) is 4.64. The van der Waals surface area contributed by atoms with Crippen molar-refractivity contribution in [3.63, 3.8) is 0 Å². The number of morpholine rings is 1. The molecule has 1 fully saturated rings. The van der Waals surface area contributed by atoms with Crippen molar-refractivity contribution in [1.29, 1.82) is 0 Å². The summed E-state index contributed by atoms with van der Waals surface area (Å²) in [6, 6.07) is 4.29. The van der Waals surface area contributed by atoms with Crippen molar-refractivity contribution in [2.24, 2.45) is 0 Å². The number of alkyl halides is 1. The largest absolute Gasteiger partial charge is 0.489 e. The van der Waals surface area contributed by atoms with Gasteiger partial charge >= 0.3 is 0 Å². The number of hydrogen-bond donors (Lipinski definition) is 0. The topological polar surface area (TPSA) is 21.7 Å². The summed E-state index contributed by atoms with van der Waals surface area (Å²) in [7, 11) is 2.04. The van der Waals surface area contributed by atoms with Gasteiger partial charge in [-0.3, -0.25) is 0 Å². The van der Waals surface area contributed by atoms with Gasteiger partial charge < -0.3 is 14.4 Å². The van der Waals surface area contributed by atoms with Crippen LogP contribution in [0.3, 0.4) is 0 Å². The molecule has 0 aromatic heterocycles. The van der Waals surface area contributed by atoms with Gasteiger partial charge in [-0.1, -0.05) is 11.8 Å². The van der Waals surface area contributed by atoms with Crippen LogP contribution in [0.4, 0.5) is 4.39 Å². The van der Waals surface area contributed by atoms with Gasteiger partial charge in [0.2, 0.25) is 0 Å². The first-order valence-electron chi connectivity index (χ1n) is 6.46. The molecule has 0 amide bonds. The number of hydrogen-bond acceptors (Lipinski definition) is 3. The summed E-state index contributed by atoms with van der Waals surface area (Å²) in [5.74, 6) is 5.92. The zero-order valence-electron chi connectivity index (χ0n) is 11.4. The Morgan fingerprint density at radius 2 is 2.40 bits per heavy atom. The molecule has 1 aromatic carbocycles. The highest BCUT2D eigenvalue weighted by molar-refractivity contribution is 6.19. The van der Waals surface area contributed by atoms with Gasteiger partial charge in [0.25, 0.3) is 0 Å². The van der Waals surface area contributed by atoms with Crippen LogP contribution in [0.2, 0.25) is 0 Å². The molecule has 0 radical (unpaired) electrons. The third-order valence-corrected chi connectivity index (χ3v) is 3.13. The number of benzene rings is 1. The van der Waals surface area contributed by atoms with E-state index < -0.39 is 0 Å². The van der Waals surface area contributed by atoms with Gasteiger partial charge in [-0.15, -0.1) is 11.6 Å². The van der Waals surface area contributed by atoms with E-state index in [2.05, 4.69) is 16.7 Å². The number of ether oxygens (including phenoxy) is 2. The predicted octanol–water partition coefficient (Wildman–Crippen LogP) is 2.13. The minimum absolute atomic E-state index is 0.00847. The predicted molar refractivity (Wildman–Crippen MR) is 76.7 cm³/mol. The Balaban J connectivity index is 2.02. The highest BCUT2D eigenvalue weighted by atomic mass is 35.5. The summed E-state index contributed by atoms with van der Waals surface area (Å²) in [5, 5.41) is 0. The fraction of sp³-hybridized carbons (Fsp3) is 0.467. The molecular formula is C15H17ClFNO2. The number of likely N-dealkylation sites (N-methyl/N-ethyl adjacent to an activating group) is 1. The van der Waals surface area contributed by atoms with Gasteiger partial charge in [-0.05, 0) is 19.2 Å². The van der Waals surface area contributed by atoms with Crippen molar-refractivity contribution >= 4 is 11.6 Å². The molecule has 1 heterocycles. The first-order chi connectivity index (χ1) is 9.69. The van der Waals surface area contributed by atoms with Crippen molar-refractivity contribution in [3.8, 4) is 17.6 Å². The van der Waals surface area contributed by atoms with Crippen LogP contribution in [0, 0.1) is 17.7 Å². The van der Waals surface area contributed by atoms with E-state index in [9.17, 15) is 4.39 Å². The lowest BCUT2D eigenvalue weighted by atomic mass is 10.2. The van der Waals surface area contributed by atoms with E-state index in [4.69, 9.17) is 21.1 Å². The fourth-order valence-corrected chi connectivity index (χ4v) is 2.06. The van der Waals surface area contributed by atoms with Crippen molar-refractivity contribution in [1.82, 2.24) is 4.90 Å². The summed E-state index contributed by atoms with van der Waals surface area (Å²) < 4.78 is 24.6. The maximum atomic E-state index is 13.3. The van der Waals surface area contributed by atoms with Crippen LogP contribution in [0.25, 0.3) is 0 Å². The maximum Gasteiger partial charge on any atom is 0.137 e. The normalized spacial score (nSPS) is 19.2. The van der Waals surface area contributed by atoms with Crippen LogP contribution in [-0.2, 0) is 4.74 Å². The second-order valence-corrected chi connectivity index (χ2v) is 4.91. The highest BCUT2D eigenvalue weighted by Crippen LogP contribution is 2.20. The fourth-order valence-electron chi connectivity index (χ4n) is 2.00. The molecule has 5 heteroatoms. The smallest absolute Gasteiger partial charge is 0.137 e. The Morgan fingerprint density at radius 1 is 1.55 bits per heavy atom. The molecule has 1 atom stereocenters. The second kappa shape index (κ2) is 7.49. The standard InChI is InChI=1S/C15H17ClFNO2/c1-18-7-8-19-14(10-18)11-20-15-9-13(17)5-4-12(15)3-2-6-16/h4-5,9,14H,6-8,10-11H2,1H3. The Labute approximate surface area is 123 Å². The number of nitrogens with zero attached hydrogens (tertiary/aromatic N) is 1. The SMILES string of the molecule is CN1CCOC(COc2cc(F)ccc2C#CCCl)C1. The minimum Gasteiger partial charge on any atom is -0.489 e. The van der Waals surface area contributed by atoms with Crippen LogP contribution in [-0.4, -0.2) is 50.2 Å². The van der Waals surface area contributed by atoms with Gasteiger partial charge in [-0.2, -0.15) is 0 Å². The van der Waals surface area contributed by atoms with E-state index in [-0.39, 0.29) is 17.8 Å². The van der Waals surface area contributed by atoms with E-state index >= 15 is 0 Å². The van der Waals surface area contributed by atoms with E-state index in [1.54, 1.807) is 6.07 Å². The average Bonchev–Trinajstić information content (AvgIpc) is 2.44. The molecule has 1 aromatic rings. The average molecular weight is 298 g/mol. The Bertz CT molecular complexity index is 512. The quantitative estimate of drug-likeness (QED) is 0.630. The first kappa shape index (κ1) is 15.1. The molecule has 1 aliphatic heterocycles. The van der Waals surface area contributed by atoms with Crippen molar-refractivity contribution in [2.75, 3.05) is 39.2 Å². The third-order valence-electron chi connectivity index (χ3n) is 3.00. The highest BCUT2D eigenvalue weighted by Gasteiger charge is 2.18. The molecule has 108 valence electrons. The number of rotatable bonds is 3. The van der Waals surface area contributed by atoms with E-state index in [1.807, 2.05) is 7.05 Å². The first-order valence-corrected chi connectivity index (χ1v) is 7.00. The van der Waals surface area contributed by atoms with Crippen molar-refractivity contribution in [3.05, 3.63) is 29.6 Å². The van der Waals surface area contributed by atoms with Crippen LogP contribution in [0.1, 0.15) is 5.56 Å². The molecule has 1 saturated heterocycles. The van der Waals surface area contributed by atoms with Crippen LogP contribution >= 0.6 is 11.6 Å². The van der Waals surface area contributed by atoms with E-state index in [0.717, 1.165) is 13.1 Å². The molecule has 0 spiro atoms. The Morgan fingerprint density at radius 3 is 3.15 bits per heavy atom. The lowest BCUT2D eigenvalue weighted by Gasteiger charge is -2.29. The molecular weight excluding hydrogens is 281 g/mol. The molecule has 20 heavy (non-hydrogen) atoms.